The van der Waals surface area contributed by atoms with E-state index in [9.17, 15) is 4.79 Å². The Kier molecular flexibility index (Phi) is 3.33. The Hall–Kier alpha value is -1.51. The minimum Gasteiger partial charge on any atom is -0.398 e. The van der Waals surface area contributed by atoms with E-state index in [-0.39, 0.29) is 5.91 Å². The molecule has 1 aromatic carbocycles. The molecule has 1 aliphatic rings. The summed E-state index contributed by atoms with van der Waals surface area (Å²) in [6, 6.07) is 3.75. The molecule has 0 aromatic heterocycles. The molecule has 1 fully saturated rings. The minimum atomic E-state index is -0.000995. The predicted octanol–water partition coefficient (Wildman–Crippen LogP) is 2.81. The van der Waals surface area contributed by atoms with Gasteiger partial charge < -0.3 is 11.1 Å². The van der Waals surface area contributed by atoms with Gasteiger partial charge in [-0.3, -0.25) is 4.79 Å². The summed E-state index contributed by atoms with van der Waals surface area (Å²) in [6.45, 7) is 6.89. The highest BCUT2D eigenvalue weighted by molar-refractivity contribution is 5.96. The Balaban J connectivity index is 2.07. The highest BCUT2D eigenvalue weighted by Gasteiger charge is 2.40. The van der Waals surface area contributed by atoms with Gasteiger partial charge in [-0.05, 0) is 55.7 Å². The van der Waals surface area contributed by atoms with Crippen LogP contribution in [0.2, 0.25) is 0 Å². The van der Waals surface area contributed by atoms with Crippen molar-refractivity contribution in [2.45, 2.75) is 40.0 Å². The number of benzene rings is 1. The fraction of sp³-hybridized carbons (Fsp3) is 0.533. The van der Waals surface area contributed by atoms with Crippen molar-refractivity contribution in [2.75, 3.05) is 12.3 Å². The second-order valence-electron chi connectivity index (χ2n) is 5.56. The van der Waals surface area contributed by atoms with Gasteiger partial charge in [-0.15, -0.1) is 0 Å². The van der Waals surface area contributed by atoms with Crippen LogP contribution in [0.1, 0.15) is 47.7 Å². The molecule has 3 N–H and O–H groups in total. The zero-order chi connectivity index (χ0) is 13.3. The highest BCUT2D eigenvalue weighted by atomic mass is 16.1. The molecule has 1 aliphatic carbocycles. The number of nitrogen functional groups attached to an aromatic ring is 1. The van der Waals surface area contributed by atoms with E-state index < -0.39 is 0 Å². The molecule has 0 radical (unpaired) electrons. The van der Waals surface area contributed by atoms with Gasteiger partial charge >= 0.3 is 0 Å². The number of anilines is 1. The normalized spacial score (nSPS) is 16.4. The average Bonchev–Trinajstić information content (AvgIpc) is 3.11. The van der Waals surface area contributed by atoms with Crippen LogP contribution in [0.3, 0.4) is 0 Å². The smallest absolute Gasteiger partial charge is 0.251 e. The van der Waals surface area contributed by atoms with Gasteiger partial charge in [-0.2, -0.15) is 0 Å². The summed E-state index contributed by atoms with van der Waals surface area (Å²) < 4.78 is 0. The van der Waals surface area contributed by atoms with Gasteiger partial charge in [0.15, 0.2) is 0 Å². The van der Waals surface area contributed by atoms with Crippen molar-refractivity contribution in [1.82, 2.24) is 5.32 Å². The summed E-state index contributed by atoms with van der Waals surface area (Å²) in [6.07, 6.45) is 3.61. The van der Waals surface area contributed by atoms with E-state index in [0.717, 1.165) is 24.1 Å². The summed E-state index contributed by atoms with van der Waals surface area (Å²) in [5.41, 5.74) is 9.64. The lowest BCUT2D eigenvalue weighted by atomic mass is 10.0. The summed E-state index contributed by atoms with van der Waals surface area (Å²) in [4.78, 5) is 12.2. The molecule has 1 saturated carbocycles. The molecule has 0 unspecified atom stereocenters. The van der Waals surface area contributed by atoms with E-state index in [1.54, 1.807) is 6.07 Å². The van der Waals surface area contributed by atoms with Crippen LogP contribution in [0.15, 0.2) is 12.1 Å². The van der Waals surface area contributed by atoms with Gasteiger partial charge in [0.25, 0.3) is 5.91 Å². The SMILES string of the molecule is CCC1(CNC(=O)c2cc(N)c(C)cc2C)CC1. The van der Waals surface area contributed by atoms with E-state index in [1.165, 1.54) is 12.8 Å². The quantitative estimate of drug-likeness (QED) is 0.803. The second kappa shape index (κ2) is 4.63. The van der Waals surface area contributed by atoms with E-state index >= 15 is 0 Å². The highest BCUT2D eigenvalue weighted by Crippen LogP contribution is 2.47. The molecule has 0 atom stereocenters. The fourth-order valence-corrected chi connectivity index (χ4v) is 2.31. The number of amides is 1. The topological polar surface area (TPSA) is 55.1 Å². The van der Waals surface area contributed by atoms with Gasteiger partial charge in [0.2, 0.25) is 0 Å². The van der Waals surface area contributed by atoms with Gasteiger partial charge in [0, 0.05) is 17.8 Å². The van der Waals surface area contributed by atoms with E-state index in [4.69, 9.17) is 5.73 Å². The third-order valence-electron chi connectivity index (χ3n) is 4.19. The number of aryl methyl sites for hydroxylation is 2. The molecule has 0 heterocycles. The third-order valence-corrected chi connectivity index (χ3v) is 4.19. The van der Waals surface area contributed by atoms with Crippen molar-refractivity contribution in [1.29, 1.82) is 0 Å². The average molecular weight is 246 g/mol. The van der Waals surface area contributed by atoms with E-state index in [0.29, 0.717) is 16.7 Å². The molecule has 98 valence electrons. The van der Waals surface area contributed by atoms with E-state index in [1.807, 2.05) is 19.9 Å². The molecule has 3 nitrogen and oxygen atoms in total. The molecule has 0 aliphatic heterocycles. The van der Waals surface area contributed by atoms with Crippen LogP contribution in [-0.2, 0) is 0 Å². The monoisotopic (exact) mass is 246 g/mol. The number of hydrogen-bond donors (Lipinski definition) is 2. The molecule has 18 heavy (non-hydrogen) atoms. The Bertz CT molecular complexity index is 476. The van der Waals surface area contributed by atoms with Gasteiger partial charge in [-0.25, -0.2) is 0 Å². The maximum absolute atomic E-state index is 12.2. The van der Waals surface area contributed by atoms with Crippen molar-refractivity contribution >= 4 is 11.6 Å². The van der Waals surface area contributed by atoms with E-state index in [2.05, 4.69) is 12.2 Å². The number of nitrogens with two attached hydrogens (primary N) is 1. The lowest BCUT2D eigenvalue weighted by molar-refractivity contribution is 0.0944. The van der Waals surface area contributed by atoms with Crippen LogP contribution < -0.4 is 11.1 Å². The van der Waals surface area contributed by atoms with Crippen molar-refractivity contribution in [3.8, 4) is 0 Å². The first-order chi connectivity index (χ1) is 8.47. The third kappa shape index (κ3) is 2.50. The van der Waals surface area contributed by atoms with Gasteiger partial charge in [0.05, 0.1) is 0 Å². The molecule has 0 spiro atoms. The van der Waals surface area contributed by atoms with Crippen LogP contribution in [0.5, 0.6) is 0 Å². The van der Waals surface area contributed by atoms with Crippen LogP contribution in [0.4, 0.5) is 5.69 Å². The molecule has 3 heteroatoms. The van der Waals surface area contributed by atoms with Crippen molar-refractivity contribution in [2.24, 2.45) is 5.41 Å². The Morgan fingerprint density at radius 1 is 1.33 bits per heavy atom. The summed E-state index contributed by atoms with van der Waals surface area (Å²) in [5, 5.41) is 3.05. The van der Waals surface area contributed by atoms with Gasteiger partial charge in [-0.1, -0.05) is 13.0 Å². The number of carbonyl (C=O) groups excluding carboxylic acids is 1. The standard InChI is InChI=1S/C15H22N2O/c1-4-15(5-6-15)9-17-14(18)12-8-13(16)11(3)7-10(12)2/h7-8H,4-6,9,16H2,1-3H3,(H,17,18). The molecular weight excluding hydrogens is 224 g/mol. The first-order valence-electron chi connectivity index (χ1n) is 6.62. The molecule has 0 saturated heterocycles. The number of carbonyl (C=O) groups is 1. The molecule has 1 amide bonds. The summed E-state index contributed by atoms with van der Waals surface area (Å²) >= 11 is 0. The van der Waals surface area contributed by atoms with Crippen LogP contribution >= 0.6 is 0 Å². The maximum atomic E-state index is 12.2. The number of rotatable bonds is 4. The fourth-order valence-electron chi connectivity index (χ4n) is 2.31. The van der Waals surface area contributed by atoms with Gasteiger partial charge in [0.1, 0.15) is 0 Å². The van der Waals surface area contributed by atoms with Crippen molar-refractivity contribution in [3.63, 3.8) is 0 Å². The molecule has 0 bridgehead atoms. The lowest BCUT2D eigenvalue weighted by Gasteiger charge is -2.15. The largest absolute Gasteiger partial charge is 0.398 e. The maximum Gasteiger partial charge on any atom is 0.251 e. The van der Waals surface area contributed by atoms with Crippen molar-refractivity contribution < 1.29 is 4.79 Å². The summed E-state index contributed by atoms with van der Waals surface area (Å²) in [7, 11) is 0. The number of nitrogens with one attached hydrogen (secondary N) is 1. The van der Waals surface area contributed by atoms with Crippen LogP contribution in [-0.4, -0.2) is 12.5 Å². The summed E-state index contributed by atoms with van der Waals surface area (Å²) in [5.74, 6) is -0.000995. The minimum absolute atomic E-state index is 0.000995. The lowest BCUT2D eigenvalue weighted by Crippen LogP contribution is -2.30. The molecule has 2 rings (SSSR count). The first-order valence-corrected chi connectivity index (χ1v) is 6.62. The Morgan fingerprint density at radius 3 is 2.56 bits per heavy atom. The second-order valence-corrected chi connectivity index (χ2v) is 5.56. The molecular formula is C15H22N2O. The van der Waals surface area contributed by atoms with Crippen molar-refractivity contribution in [3.05, 3.63) is 28.8 Å². The predicted molar refractivity (Wildman–Crippen MR) is 74.6 cm³/mol. The zero-order valence-electron chi connectivity index (χ0n) is 11.5. The Morgan fingerprint density at radius 2 is 2.00 bits per heavy atom. The Labute approximate surface area is 109 Å². The van der Waals surface area contributed by atoms with Crippen LogP contribution in [0, 0.1) is 19.3 Å². The van der Waals surface area contributed by atoms with Crippen LogP contribution in [0.25, 0.3) is 0 Å². The zero-order valence-corrected chi connectivity index (χ0v) is 11.5. The first kappa shape index (κ1) is 12.9. The molecule has 1 aromatic rings. The number of hydrogen-bond acceptors (Lipinski definition) is 2.